The van der Waals surface area contributed by atoms with Crippen molar-refractivity contribution in [3.8, 4) is 0 Å². The standard InChI is InChI=1S/C27H36N4O2/c1-19-24(17-25(32)30-23-12-6-7-13-23)20(2)29-27(28-19)22-11-8-16-31(18-22)26(33)15-14-21-9-4-3-5-10-21/h3-5,9-10,22-23H,6-8,11-18H2,1-2H3,(H,30,32)/t22-/m1/s1. The van der Waals surface area contributed by atoms with E-state index in [0.717, 1.165) is 61.4 Å². The second-order valence-electron chi connectivity index (χ2n) is 9.62. The number of carbonyl (C=O) groups is 2. The quantitative estimate of drug-likeness (QED) is 0.694. The molecular formula is C27H36N4O2. The molecule has 6 nitrogen and oxygen atoms in total. The number of piperidine rings is 1. The van der Waals surface area contributed by atoms with Gasteiger partial charge in [0.15, 0.2) is 0 Å². The summed E-state index contributed by atoms with van der Waals surface area (Å²) < 4.78 is 0. The maximum atomic E-state index is 12.8. The molecule has 2 fully saturated rings. The number of likely N-dealkylation sites (tertiary alicyclic amines) is 1. The average molecular weight is 449 g/mol. The van der Waals surface area contributed by atoms with Crippen molar-refractivity contribution in [3.05, 3.63) is 58.7 Å². The fourth-order valence-electron chi connectivity index (χ4n) is 5.18. The van der Waals surface area contributed by atoms with Crippen LogP contribution in [-0.2, 0) is 22.4 Å². The number of amides is 2. The normalized spacial score (nSPS) is 19.0. The number of aryl methyl sites for hydroxylation is 3. The highest BCUT2D eigenvalue weighted by atomic mass is 16.2. The highest BCUT2D eigenvalue weighted by molar-refractivity contribution is 5.79. The molecule has 1 saturated heterocycles. The number of carbonyl (C=O) groups excluding carboxylic acids is 2. The van der Waals surface area contributed by atoms with Crippen LogP contribution in [0.1, 0.15) is 79.2 Å². The lowest BCUT2D eigenvalue weighted by molar-refractivity contribution is -0.132. The molecule has 176 valence electrons. The number of benzene rings is 1. The molecule has 0 bridgehead atoms. The van der Waals surface area contributed by atoms with Gasteiger partial charge in [0.05, 0.1) is 6.42 Å². The van der Waals surface area contributed by atoms with Crippen molar-refractivity contribution < 1.29 is 9.59 Å². The molecule has 2 heterocycles. The first-order chi connectivity index (χ1) is 16.0. The zero-order chi connectivity index (χ0) is 23.2. The molecule has 1 aliphatic carbocycles. The second kappa shape index (κ2) is 10.9. The topological polar surface area (TPSA) is 75.2 Å². The van der Waals surface area contributed by atoms with Gasteiger partial charge in [-0.25, -0.2) is 9.97 Å². The van der Waals surface area contributed by atoms with Crippen LogP contribution in [0.4, 0.5) is 0 Å². The van der Waals surface area contributed by atoms with E-state index in [2.05, 4.69) is 17.4 Å². The zero-order valence-corrected chi connectivity index (χ0v) is 20.0. The molecule has 1 aromatic carbocycles. The third kappa shape index (κ3) is 6.18. The minimum absolute atomic E-state index is 0.0669. The Kier molecular flexibility index (Phi) is 7.73. The molecule has 2 aromatic rings. The molecule has 1 saturated carbocycles. The molecule has 1 atom stereocenters. The first-order valence-corrected chi connectivity index (χ1v) is 12.4. The van der Waals surface area contributed by atoms with Crippen LogP contribution in [0, 0.1) is 13.8 Å². The molecule has 2 aliphatic rings. The molecule has 0 unspecified atom stereocenters. The van der Waals surface area contributed by atoms with E-state index in [9.17, 15) is 9.59 Å². The van der Waals surface area contributed by atoms with Crippen LogP contribution in [0.25, 0.3) is 0 Å². The van der Waals surface area contributed by atoms with Crippen LogP contribution in [0.5, 0.6) is 0 Å². The average Bonchev–Trinajstić information content (AvgIpc) is 3.33. The Morgan fingerprint density at radius 1 is 1.00 bits per heavy atom. The predicted molar refractivity (Wildman–Crippen MR) is 129 cm³/mol. The predicted octanol–water partition coefficient (Wildman–Crippen LogP) is 4.03. The minimum atomic E-state index is 0.0669. The number of aromatic nitrogens is 2. The Balaban J connectivity index is 1.36. The van der Waals surface area contributed by atoms with Crippen molar-refractivity contribution in [2.24, 2.45) is 0 Å². The highest BCUT2D eigenvalue weighted by Gasteiger charge is 2.27. The van der Waals surface area contributed by atoms with Crippen LogP contribution < -0.4 is 5.32 Å². The number of rotatable bonds is 7. The SMILES string of the molecule is Cc1nc([C@@H]2CCCN(C(=O)CCc3ccccc3)C2)nc(C)c1CC(=O)NC1CCCC1. The largest absolute Gasteiger partial charge is 0.353 e. The highest BCUT2D eigenvalue weighted by Crippen LogP contribution is 2.27. The van der Waals surface area contributed by atoms with Crippen molar-refractivity contribution in [3.63, 3.8) is 0 Å². The summed E-state index contributed by atoms with van der Waals surface area (Å²) in [4.78, 5) is 37.0. The van der Waals surface area contributed by atoms with Crippen molar-refractivity contribution in [2.45, 2.75) is 83.6 Å². The summed E-state index contributed by atoms with van der Waals surface area (Å²) in [5, 5.41) is 3.16. The summed E-state index contributed by atoms with van der Waals surface area (Å²) in [7, 11) is 0. The lowest BCUT2D eigenvalue weighted by Crippen LogP contribution is -2.39. The van der Waals surface area contributed by atoms with Gasteiger partial charge in [0.1, 0.15) is 5.82 Å². The van der Waals surface area contributed by atoms with E-state index in [1.165, 1.54) is 18.4 Å². The zero-order valence-electron chi connectivity index (χ0n) is 20.0. The van der Waals surface area contributed by atoms with Crippen molar-refractivity contribution in [2.75, 3.05) is 13.1 Å². The summed E-state index contributed by atoms with van der Waals surface area (Å²) in [6.45, 7) is 5.43. The fourth-order valence-corrected chi connectivity index (χ4v) is 5.18. The van der Waals surface area contributed by atoms with E-state index in [4.69, 9.17) is 9.97 Å². The maximum absolute atomic E-state index is 12.8. The minimum Gasteiger partial charge on any atom is -0.353 e. The van der Waals surface area contributed by atoms with Gasteiger partial charge in [0, 0.05) is 48.4 Å². The first-order valence-electron chi connectivity index (χ1n) is 12.4. The molecule has 33 heavy (non-hydrogen) atoms. The molecule has 1 aliphatic heterocycles. The molecule has 2 amide bonds. The van der Waals surface area contributed by atoms with Crippen LogP contribution in [0.15, 0.2) is 30.3 Å². The smallest absolute Gasteiger partial charge is 0.224 e. The van der Waals surface area contributed by atoms with E-state index in [-0.39, 0.29) is 17.7 Å². The maximum Gasteiger partial charge on any atom is 0.224 e. The van der Waals surface area contributed by atoms with Gasteiger partial charge in [0.25, 0.3) is 0 Å². The Labute approximate surface area is 197 Å². The van der Waals surface area contributed by atoms with Crippen LogP contribution in [0.3, 0.4) is 0 Å². The Hall–Kier alpha value is -2.76. The van der Waals surface area contributed by atoms with Gasteiger partial charge in [-0.05, 0) is 51.5 Å². The third-order valence-corrected chi connectivity index (χ3v) is 7.11. The number of hydrogen-bond acceptors (Lipinski definition) is 4. The van der Waals surface area contributed by atoms with E-state index in [1.807, 2.05) is 36.9 Å². The van der Waals surface area contributed by atoms with E-state index in [1.54, 1.807) is 0 Å². The van der Waals surface area contributed by atoms with Gasteiger partial charge in [-0.2, -0.15) is 0 Å². The van der Waals surface area contributed by atoms with Gasteiger partial charge < -0.3 is 10.2 Å². The lowest BCUT2D eigenvalue weighted by Gasteiger charge is -2.32. The monoisotopic (exact) mass is 448 g/mol. The molecule has 4 rings (SSSR count). The van der Waals surface area contributed by atoms with Crippen LogP contribution in [-0.4, -0.2) is 45.8 Å². The van der Waals surface area contributed by atoms with Gasteiger partial charge in [0.2, 0.25) is 11.8 Å². The lowest BCUT2D eigenvalue weighted by atomic mass is 9.95. The number of hydrogen-bond donors (Lipinski definition) is 1. The van der Waals surface area contributed by atoms with Gasteiger partial charge in [-0.15, -0.1) is 0 Å². The first kappa shape index (κ1) is 23.4. The van der Waals surface area contributed by atoms with Gasteiger partial charge in [-0.1, -0.05) is 43.2 Å². The molecule has 0 spiro atoms. The summed E-state index contributed by atoms with van der Waals surface area (Å²) in [5.74, 6) is 1.23. The Morgan fingerprint density at radius 2 is 1.70 bits per heavy atom. The van der Waals surface area contributed by atoms with Crippen LogP contribution in [0.2, 0.25) is 0 Å². The molecule has 1 aromatic heterocycles. The van der Waals surface area contributed by atoms with Crippen molar-refractivity contribution in [1.29, 1.82) is 0 Å². The van der Waals surface area contributed by atoms with Crippen molar-refractivity contribution in [1.82, 2.24) is 20.2 Å². The summed E-state index contributed by atoms with van der Waals surface area (Å²) >= 11 is 0. The van der Waals surface area contributed by atoms with Crippen LogP contribution >= 0.6 is 0 Å². The molecule has 6 heteroatoms. The van der Waals surface area contributed by atoms with Crippen molar-refractivity contribution >= 4 is 11.8 Å². The Morgan fingerprint density at radius 3 is 2.39 bits per heavy atom. The summed E-state index contributed by atoms with van der Waals surface area (Å²) in [5.41, 5.74) is 3.89. The second-order valence-corrected chi connectivity index (χ2v) is 9.62. The summed E-state index contributed by atoms with van der Waals surface area (Å²) in [6.07, 6.45) is 8.17. The molecular weight excluding hydrogens is 412 g/mol. The molecule has 0 radical (unpaired) electrons. The number of nitrogens with zero attached hydrogens (tertiary/aromatic N) is 3. The Bertz CT molecular complexity index is 946. The third-order valence-electron chi connectivity index (χ3n) is 7.11. The van der Waals surface area contributed by atoms with Gasteiger partial charge >= 0.3 is 0 Å². The van der Waals surface area contributed by atoms with E-state index < -0.39 is 0 Å². The molecule has 1 N–H and O–H groups in total. The number of nitrogens with one attached hydrogen (secondary N) is 1. The van der Waals surface area contributed by atoms with E-state index >= 15 is 0 Å². The summed E-state index contributed by atoms with van der Waals surface area (Å²) in [6, 6.07) is 10.5. The van der Waals surface area contributed by atoms with Gasteiger partial charge in [-0.3, -0.25) is 9.59 Å². The fraction of sp³-hybridized carbons (Fsp3) is 0.556. The van der Waals surface area contributed by atoms with E-state index in [0.29, 0.717) is 25.4 Å².